The highest BCUT2D eigenvalue weighted by Crippen LogP contribution is 1.97. The molecule has 0 aliphatic carbocycles. The molecular formula is C5H9N3O2. The number of hydrogen-bond donors (Lipinski definition) is 3. The number of nitrogens with two attached hydrogens (primary N) is 1. The Bertz CT molecular complexity index is 178. The van der Waals surface area contributed by atoms with Gasteiger partial charge in [0.1, 0.15) is 0 Å². The number of nitrogens with zero attached hydrogens (tertiary/aromatic N) is 1. The van der Waals surface area contributed by atoms with Gasteiger partial charge < -0.3 is 16.2 Å². The van der Waals surface area contributed by atoms with Crippen molar-refractivity contribution < 1.29 is 9.90 Å². The van der Waals surface area contributed by atoms with E-state index in [2.05, 4.69) is 10.3 Å². The second-order valence-corrected chi connectivity index (χ2v) is 2.17. The first-order valence-corrected chi connectivity index (χ1v) is 2.96. The van der Waals surface area contributed by atoms with Crippen molar-refractivity contribution in [2.75, 3.05) is 6.54 Å². The van der Waals surface area contributed by atoms with E-state index < -0.39 is 5.97 Å². The maximum atomic E-state index is 10.1. The summed E-state index contributed by atoms with van der Waals surface area (Å²) in [6.07, 6.45) is 0.0736. The number of nitrogens with one attached hydrogen (secondary N) is 1. The van der Waals surface area contributed by atoms with Crippen LogP contribution in [0.2, 0.25) is 0 Å². The summed E-state index contributed by atoms with van der Waals surface area (Å²) in [5.41, 5.74) is 5.25. The van der Waals surface area contributed by atoms with Gasteiger partial charge in [-0.2, -0.15) is 0 Å². The van der Waals surface area contributed by atoms with E-state index in [1.54, 1.807) is 0 Å². The molecule has 1 aliphatic heterocycles. The van der Waals surface area contributed by atoms with Gasteiger partial charge in [0.15, 0.2) is 5.96 Å². The van der Waals surface area contributed by atoms with E-state index >= 15 is 0 Å². The first-order valence-electron chi connectivity index (χ1n) is 2.96. The van der Waals surface area contributed by atoms with Crippen LogP contribution < -0.4 is 11.1 Å². The van der Waals surface area contributed by atoms with Gasteiger partial charge >= 0.3 is 5.97 Å². The highest BCUT2D eigenvalue weighted by atomic mass is 16.4. The molecule has 4 N–H and O–H groups in total. The van der Waals surface area contributed by atoms with Crippen molar-refractivity contribution in [3.8, 4) is 0 Å². The van der Waals surface area contributed by atoms with E-state index in [4.69, 9.17) is 10.8 Å². The zero-order valence-corrected chi connectivity index (χ0v) is 5.37. The van der Waals surface area contributed by atoms with E-state index in [0.29, 0.717) is 12.5 Å². The fourth-order valence-electron chi connectivity index (χ4n) is 0.835. The van der Waals surface area contributed by atoms with Crippen LogP contribution in [-0.2, 0) is 4.79 Å². The van der Waals surface area contributed by atoms with Gasteiger partial charge in [-0.3, -0.25) is 9.79 Å². The van der Waals surface area contributed by atoms with Gasteiger partial charge in [0.25, 0.3) is 0 Å². The molecule has 5 nitrogen and oxygen atoms in total. The number of rotatable bonds is 2. The molecule has 5 heteroatoms. The fourth-order valence-corrected chi connectivity index (χ4v) is 0.835. The highest BCUT2D eigenvalue weighted by molar-refractivity contribution is 5.81. The summed E-state index contributed by atoms with van der Waals surface area (Å²) in [6.45, 7) is 0.470. The molecule has 0 spiro atoms. The van der Waals surface area contributed by atoms with Crippen molar-refractivity contribution in [1.82, 2.24) is 5.32 Å². The smallest absolute Gasteiger partial charge is 0.305 e. The zero-order valence-electron chi connectivity index (χ0n) is 5.37. The van der Waals surface area contributed by atoms with Crippen LogP contribution in [0.4, 0.5) is 0 Å². The van der Waals surface area contributed by atoms with Gasteiger partial charge in [-0.15, -0.1) is 0 Å². The summed E-state index contributed by atoms with van der Waals surface area (Å²) < 4.78 is 0. The fraction of sp³-hybridized carbons (Fsp3) is 0.600. The topological polar surface area (TPSA) is 87.7 Å². The summed E-state index contributed by atoms with van der Waals surface area (Å²) >= 11 is 0. The molecule has 10 heavy (non-hydrogen) atoms. The minimum Gasteiger partial charge on any atom is -0.481 e. The van der Waals surface area contributed by atoms with E-state index in [0.717, 1.165) is 0 Å². The van der Waals surface area contributed by atoms with Crippen molar-refractivity contribution >= 4 is 11.9 Å². The predicted octanol–water partition coefficient (Wildman–Crippen LogP) is -1.25. The van der Waals surface area contributed by atoms with Gasteiger partial charge in [-0.1, -0.05) is 0 Å². The van der Waals surface area contributed by atoms with Crippen LogP contribution in [0.1, 0.15) is 6.42 Å². The Balaban J connectivity index is 2.29. The van der Waals surface area contributed by atoms with Gasteiger partial charge in [0, 0.05) is 0 Å². The first kappa shape index (κ1) is 6.85. The van der Waals surface area contributed by atoms with E-state index in [9.17, 15) is 4.79 Å². The van der Waals surface area contributed by atoms with Gasteiger partial charge in [0.05, 0.1) is 19.0 Å². The highest BCUT2D eigenvalue weighted by Gasteiger charge is 2.17. The minimum absolute atomic E-state index is 0.0736. The van der Waals surface area contributed by atoms with Crippen LogP contribution in [0.15, 0.2) is 4.99 Å². The molecule has 0 radical (unpaired) electrons. The maximum absolute atomic E-state index is 10.1. The molecule has 0 unspecified atom stereocenters. The monoisotopic (exact) mass is 143 g/mol. The lowest BCUT2D eigenvalue weighted by molar-refractivity contribution is -0.137. The summed E-state index contributed by atoms with van der Waals surface area (Å²) in [4.78, 5) is 13.9. The Kier molecular flexibility index (Phi) is 1.75. The molecule has 0 aromatic heterocycles. The average molecular weight is 143 g/mol. The summed E-state index contributed by atoms with van der Waals surface area (Å²) in [5.74, 6) is -0.492. The lowest BCUT2D eigenvalue weighted by Crippen LogP contribution is -2.36. The van der Waals surface area contributed by atoms with Gasteiger partial charge in [0.2, 0.25) is 0 Å². The molecule has 0 fully saturated rings. The number of guanidine groups is 1. The normalized spacial score (nSPS) is 23.6. The number of carbonyl (C=O) groups is 1. The standard InChI is InChI=1S/C5H9N3O2/c6-5-7-2-3(8-5)1-4(9)10/h3H,1-2H2,(H,9,10)(H3,6,7,8)/t3-/m1/s1. The summed E-state index contributed by atoms with van der Waals surface area (Å²) in [7, 11) is 0. The van der Waals surface area contributed by atoms with E-state index in [1.807, 2.05) is 0 Å². The van der Waals surface area contributed by atoms with Crippen LogP contribution in [0, 0.1) is 0 Å². The molecule has 56 valence electrons. The largest absolute Gasteiger partial charge is 0.481 e. The van der Waals surface area contributed by atoms with Crippen molar-refractivity contribution in [2.24, 2.45) is 10.7 Å². The summed E-state index contributed by atoms with van der Waals surface area (Å²) in [6, 6.07) is -0.113. The maximum Gasteiger partial charge on any atom is 0.305 e. The van der Waals surface area contributed by atoms with Crippen molar-refractivity contribution in [3.63, 3.8) is 0 Å². The minimum atomic E-state index is -0.831. The Labute approximate surface area is 57.9 Å². The molecular weight excluding hydrogens is 134 g/mol. The first-order chi connectivity index (χ1) is 4.68. The molecule has 1 heterocycles. The number of aliphatic imine (C=N–C) groups is 1. The average Bonchev–Trinajstić information content (AvgIpc) is 2.13. The molecule has 1 aliphatic rings. The number of carboxylic acid groups (broad SMARTS) is 1. The molecule has 0 amide bonds. The third-order valence-electron chi connectivity index (χ3n) is 1.26. The number of hydrogen-bond acceptors (Lipinski definition) is 4. The van der Waals surface area contributed by atoms with Crippen LogP contribution in [-0.4, -0.2) is 29.6 Å². The van der Waals surface area contributed by atoms with Crippen molar-refractivity contribution in [3.05, 3.63) is 0 Å². The lowest BCUT2D eigenvalue weighted by Gasteiger charge is -2.05. The van der Waals surface area contributed by atoms with E-state index in [1.165, 1.54) is 0 Å². The van der Waals surface area contributed by atoms with Crippen LogP contribution in [0.25, 0.3) is 0 Å². The molecule has 1 atom stereocenters. The quantitative estimate of drug-likeness (QED) is 0.450. The third-order valence-corrected chi connectivity index (χ3v) is 1.26. The SMILES string of the molecule is NC1=NC[C@@H](CC(=O)O)N1. The number of carboxylic acids is 1. The number of aliphatic carboxylic acids is 1. The zero-order chi connectivity index (χ0) is 7.56. The lowest BCUT2D eigenvalue weighted by atomic mass is 10.2. The van der Waals surface area contributed by atoms with Crippen LogP contribution in [0.5, 0.6) is 0 Å². The Hall–Kier alpha value is -1.26. The summed E-state index contributed by atoms with van der Waals surface area (Å²) in [5, 5.41) is 11.1. The van der Waals surface area contributed by atoms with Gasteiger partial charge in [-0.25, -0.2) is 0 Å². The second-order valence-electron chi connectivity index (χ2n) is 2.17. The third kappa shape index (κ3) is 1.61. The van der Waals surface area contributed by atoms with Crippen molar-refractivity contribution in [2.45, 2.75) is 12.5 Å². The van der Waals surface area contributed by atoms with E-state index in [-0.39, 0.29) is 12.5 Å². The molecule has 1 rings (SSSR count). The van der Waals surface area contributed by atoms with Crippen molar-refractivity contribution in [1.29, 1.82) is 0 Å². The Morgan fingerprint density at radius 1 is 2.00 bits per heavy atom. The molecule has 0 aromatic rings. The van der Waals surface area contributed by atoms with Crippen LogP contribution >= 0.6 is 0 Å². The second kappa shape index (κ2) is 2.55. The van der Waals surface area contributed by atoms with Gasteiger partial charge in [-0.05, 0) is 0 Å². The molecule has 0 aromatic carbocycles. The Morgan fingerprint density at radius 3 is 3.10 bits per heavy atom. The predicted molar refractivity (Wildman–Crippen MR) is 35.7 cm³/mol. The molecule has 0 saturated carbocycles. The van der Waals surface area contributed by atoms with Crippen LogP contribution in [0.3, 0.4) is 0 Å². The molecule has 0 bridgehead atoms. The molecule has 0 saturated heterocycles. The Morgan fingerprint density at radius 2 is 2.70 bits per heavy atom.